The van der Waals surface area contributed by atoms with Crippen molar-refractivity contribution in [3.63, 3.8) is 0 Å². The normalized spacial score (nSPS) is 17.8. The summed E-state index contributed by atoms with van der Waals surface area (Å²) < 4.78 is 62.2. The van der Waals surface area contributed by atoms with Gasteiger partial charge in [0.1, 0.15) is 56.6 Å². The SMILES string of the molecule is CN(C(=O)OC(C)(C)C)c1cc(Cl)nc2c(C(=O)N[C@@H]3C[C@@H]3F)cnn12.CN(C(=O)OC(C)(C)C)c1cc(Cl)nc2c(C(=O)O)cnn12.Cc1ccc(S(=O)(=O)[C@@H]2C[C@@H]2F)cc1.N. The number of carboxylic acid groups (broad SMARTS) is 1. The van der Waals surface area contributed by atoms with Crippen LogP contribution in [0.5, 0.6) is 0 Å². The molecule has 4 aromatic heterocycles. The Morgan fingerprint density at radius 3 is 1.59 bits per heavy atom. The van der Waals surface area contributed by atoms with E-state index in [2.05, 4.69) is 25.5 Å². The Labute approximate surface area is 371 Å². The van der Waals surface area contributed by atoms with Crippen molar-refractivity contribution >= 4 is 80.0 Å². The van der Waals surface area contributed by atoms with Crippen molar-refractivity contribution in [1.29, 1.82) is 0 Å². The van der Waals surface area contributed by atoms with Gasteiger partial charge in [-0.3, -0.25) is 14.6 Å². The van der Waals surface area contributed by atoms with Gasteiger partial charge >= 0.3 is 18.2 Å². The molecule has 19 nitrogen and oxygen atoms in total. The van der Waals surface area contributed by atoms with Crippen molar-refractivity contribution in [1.82, 2.24) is 40.7 Å². The molecule has 0 spiro atoms. The number of amides is 3. The lowest BCUT2D eigenvalue weighted by Crippen LogP contribution is -2.35. The maximum atomic E-state index is 13.0. The number of aryl methyl sites for hydroxylation is 1. The van der Waals surface area contributed by atoms with E-state index in [9.17, 15) is 36.4 Å². The van der Waals surface area contributed by atoms with E-state index in [1.165, 1.54) is 63.4 Å². The fourth-order valence-electron chi connectivity index (χ4n) is 5.40. The third-order valence-corrected chi connectivity index (χ3v) is 11.4. The predicted octanol–water partition coefficient (Wildman–Crippen LogP) is 7.09. The molecular formula is C39H48Cl2F2N10O9S. The van der Waals surface area contributed by atoms with Gasteiger partial charge in [0.15, 0.2) is 21.1 Å². The molecule has 3 amide bonds. The lowest BCUT2D eigenvalue weighted by molar-refractivity contribution is 0.0577. The van der Waals surface area contributed by atoms with Crippen molar-refractivity contribution in [2.75, 3.05) is 23.9 Å². The third kappa shape index (κ3) is 12.3. The summed E-state index contributed by atoms with van der Waals surface area (Å²) in [4.78, 5) is 58.6. The first kappa shape index (κ1) is 49.9. The molecule has 7 rings (SSSR count). The fourth-order valence-corrected chi connectivity index (χ4v) is 7.45. The molecule has 2 aliphatic rings. The summed E-state index contributed by atoms with van der Waals surface area (Å²) in [7, 11) is -0.435. The number of sulfone groups is 1. The van der Waals surface area contributed by atoms with Gasteiger partial charge in [-0.2, -0.15) is 19.2 Å². The summed E-state index contributed by atoms with van der Waals surface area (Å²) in [5.41, 5.74) is -0.105. The number of carbonyl (C=O) groups excluding carboxylic acids is 3. The Bertz CT molecular complexity index is 2630. The Balaban J connectivity index is 0.000000214. The first-order valence-corrected chi connectivity index (χ1v) is 21.1. The van der Waals surface area contributed by atoms with Crippen LogP contribution in [0.15, 0.2) is 53.7 Å². The number of anilines is 2. The Morgan fingerprint density at radius 2 is 1.21 bits per heavy atom. The highest BCUT2D eigenvalue weighted by Crippen LogP contribution is 2.37. The molecule has 2 saturated carbocycles. The van der Waals surface area contributed by atoms with Gasteiger partial charge in [0.2, 0.25) is 0 Å². The second kappa shape index (κ2) is 19.0. The van der Waals surface area contributed by atoms with Crippen LogP contribution in [0.2, 0.25) is 10.3 Å². The zero-order valence-electron chi connectivity index (χ0n) is 35.8. The average molecular weight is 942 g/mol. The zero-order valence-corrected chi connectivity index (χ0v) is 38.1. The number of carboxylic acids is 1. The first-order valence-electron chi connectivity index (χ1n) is 18.8. The second-order valence-corrected chi connectivity index (χ2v) is 19.3. The van der Waals surface area contributed by atoms with E-state index < -0.39 is 68.7 Å². The summed E-state index contributed by atoms with van der Waals surface area (Å²) >= 11 is 12.0. The van der Waals surface area contributed by atoms with Crippen molar-refractivity contribution in [3.8, 4) is 0 Å². The van der Waals surface area contributed by atoms with Gasteiger partial charge in [-0.05, 0) is 67.0 Å². The summed E-state index contributed by atoms with van der Waals surface area (Å²) in [5, 5.41) is 19.1. The van der Waals surface area contributed by atoms with Crippen LogP contribution in [-0.2, 0) is 19.3 Å². The van der Waals surface area contributed by atoms with Crippen LogP contribution in [0.25, 0.3) is 11.3 Å². The minimum Gasteiger partial charge on any atom is -0.477 e. The van der Waals surface area contributed by atoms with Gasteiger partial charge in [0.05, 0.1) is 28.6 Å². The maximum Gasteiger partial charge on any atom is 0.415 e. The van der Waals surface area contributed by atoms with Gasteiger partial charge in [-0.15, -0.1) is 0 Å². The number of rotatable bonds is 7. The Kier molecular flexibility index (Phi) is 15.0. The van der Waals surface area contributed by atoms with E-state index in [1.54, 1.807) is 53.7 Å². The van der Waals surface area contributed by atoms with Gasteiger partial charge in [0, 0.05) is 32.6 Å². The molecule has 0 bridgehead atoms. The van der Waals surface area contributed by atoms with Crippen molar-refractivity contribution in [3.05, 3.63) is 75.8 Å². The van der Waals surface area contributed by atoms with E-state index in [0.29, 0.717) is 6.42 Å². The monoisotopic (exact) mass is 940 g/mol. The van der Waals surface area contributed by atoms with Gasteiger partial charge < -0.3 is 26.0 Å². The van der Waals surface area contributed by atoms with E-state index in [1.807, 2.05) is 6.92 Å². The molecule has 342 valence electrons. The van der Waals surface area contributed by atoms with Crippen LogP contribution in [0.3, 0.4) is 0 Å². The van der Waals surface area contributed by atoms with Crippen molar-refractivity contribution in [2.24, 2.45) is 0 Å². The maximum absolute atomic E-state index is 13.0. The quantitative estimate of drug-likeness (QED) is 0.138. The molecule has 4 atom stereocenters. The van der Waals surface area contributed by atoms with Crippen LogP contribution >= 0.6 is 23.2 Å². The number of nitrogens with one attached hydrogen (secondary N) is 1. The number of halogens is 4. The first-order chi connectivity index (χ1) is 28.7. The highest BCUT2D eigenvalue weighted by molar-refractivity contribution is 7.92. The number of fused-ring (bicyclic) bond motifs is 2. The summed E-state index contributed by atoms with van der Waals surface area (Å²) in [6.45, 7) is 12.4. The van der Waals surface area contributed by atoms with Crippen LogP contribution < -0.4 is 21.3 Å². The lowest BCUT2D eigenvalue weighted by Gasteiger charge is -2.24. The molecule has 4 heterocycles. The molecule has 24 heteroatoms. The summed E-state index contributed by atoms with van der Waals surface area (Å²) in [5.74, 6) is -1.15. The average Bonchev–Trinajstić information content (AvgIpc) is 3.94. The lowest BCUT2D eigenvalue weighted by atomic mass is 10.2. The second-order valence-electron chi connectivity index (χ2n) is 16.3. The molecule has 2 fully saturated rings. The van der Waals surface area contributed by atoms with E-state index in [-0.39, 0.29) is 61.8 Å². The highest BCUT2D eigenvalue weighted by atomic mass is 35.5. The summed E-state index contributed by atoms with van der Waals surface area (Å²) in [6.07, 6.45) is -0.525. The Hall–Kier alpha value is -5.71. The third-order valence-electron chi connectivity index (χ3n) is 8.78. The zero-order chi connectivity index (χ0) is 46.2. The molecule has 5 N–H and O–H groups in total. The number of nitrogens with zero attached hydrogens (tertiary/aromatic N) is 8. The largest absolute Gasteiger partial charge is 0.477 e. The minimum atomic E-state index is -3.41. The topological polar surface area (TPSA) is 255 Å². The fraction of sp³-hybridized carbons (Fsp3) is 0.436. The van der Waals surface area contributed by atoms with E-state index >= 15 is 0 Å². The number of benzene rings is 1. The number of ether oxygens (including phenoxy) is 2. The van der Waals surface area contributed by atoms with Gasteiger partial charge in [-0.25, -0.2) is 41.6 Å². The van der Waals surface area contributed by atoms with E-state index in [4.69, 9.17) is 37.8 Å². The number of aromatic carboxylic acids is 1. The summed E-state index contributed by atoms with van der Waals surface area (Å²) in [6, 6.07) is 8.87. The molecular weight excluding hydrogens is 893 g/mol. The standard InChI is InChI=1S/C16H19ClFN5O3.C13H15ClN4O4.C10H11FO2S.H3N/c1-16(2,3)26-15(25)22(4)12-6-11(17)21-13-8(7-19-23(12)13)14(24)20-10-5-9(10)18;1-13(2,3)22-12(21)17(4)9-5-8(14)16-10-7(11(19)20)6-15-18(9)10;1-7-2-4-8(5-3-7)14(12,13)10-6-9(10)11;/h6-7,9-10H,5H2,1-4H3,(H,20,24);5-6H,1-4H3,(H,19,20);2-5,9-10H,6H2,1H3;1H3/t9-,10+;;9-,10+;/m0.0./s1. The molecule has 2 aliphatic carbocycles. The van der Waals surface area contributed by atoms with Crippen molar-refractivity contribution < 1.29 is 51.0 Å². The Morgan fingerprint density at radius 1 is 0.794 bits per heavy atom. The molecule has 5 aromatic rings. The van der Waals surface area contributed by atoms with Crippen molar-refractivity contribution in [2.45, 2.75) is 101 Å². The number of hydrogen-bond acceptors (Lipinski definition) is 13. The minimum absolute atomic E-state index is 0. The molecule has 0 saturated heterocycles. The van der Waals surface area contributed by atoms with Gasteiger partial charge in [0.25, 0.3) is 5.91 Å². The van der Waals surface area contributed by atoms with Crippen LogP contribution in [-0.4, -0.2) is 116 Å². The molecule has 1 aromatic carbocycles. The van der Waals surface area contributed by atoms with E-state index in [0.717, 1.165) is 11.8 Å². The van der Waals surface area contributed by atoms with Crippen LogP contribution in [0, 0.1) is 6.92 Å². The van der Waals surface area contributed by atoms with Crippen LogP contribution in [0.1, 0.15) is 80.7 Å². The number of carbonyl (C=O) groups is 4. The molecule has 63 heavy (non-hydrogen) atoms. The number of alkyl halides is 2. The molecule has 0 aliphatic heterocycles. The number of hydrogen-bond donors (Lipinski definition) is 3. The smallest absolute Gasteiger partial charge is 0.415 e. The van der Waals surface area contributed by atoms with Gasteiger partial charge in [-0.1, -0.05) is 40.9 Å². The molecule has 0 radical (unpaired) electrons. The van der Waals surface area contributed by atoms with Crippen LogP contribution in [0.4, 0.5) is 30.0 Å². The number of aromatic nitrogens is 6. The highest BCUT2D eigenvalue weighted by Gasteiger charge is 2.48. The predicted molar refractivity (Wildman–Crippen MR) is 230 cm³/mol. The molecule has 0 unspecified atom stereocenters.